The van der Waals surface area contributed by atoms with Crippen molar-refractivity contribution in [3.05, 3.63) is 139 Å². The molecule has 0 saturated heterocycles. The summed E-state index contributed by atoms with van der Waals surface area (Å²) in [4.78, 5) is 0. The molecule has 4 aromatic carbocycles. The van der Waals surface area contributed by atoms with Gasteiger partial charge in [-0.2, -0.15) is 0 Å². The monoisotopic (exact) mass is 814 g/mol. The second kappa shape index (κ2) is 13.6. The van der Waals surface area contributed by atoms with E-state index in [9.17, 15) is 0 Å². The summed E-state index contributed by atoms with van der Waals surface area (Å²) >= 11 is -2.76. The van der Waals surface area contributed by atoms with Crippen molar-refractivity contribution < 1.29 is 46.1 Å². The quantitative estimate of drug-likeness (QED) is 0.199. The van der Waals surface area contributed by atoms with Crippen LogP contribution in [0.3, 0.4) is 0 Å². The average molecular weight is 817 g/mol. The van der Waals surface area contributed by atoms with Crippen molar-refractivity contribution in [3.63, 3.8) is 0 Å². The zero-order valence-electron chi connectivity index (χ0n) is 33.1. The first kappa shape index (κ1) is 38.7. The SMILES string of the molecule is CC1=CC(C)(C)c2cc3c(cc21)-c1cc2c(cc1[CH]3/[Zr+2]([C]1=CC(C3(C)CCCCC3)=CC1C)=[C](\C)c1ccc3ccccc3c1)C(C)(C)C=C2C.[Cl-].[Cl-]. The van der Waals surface area contributed by atoms with E-state index < -0.39 is 21.3 Å². The number of halogens is 2. The van der Waals surface area contributed by atoms with Gasteiger partial charge in [0.15, 0.2) is 0 Å². The molecule has 0 spiro atoms. The predicted octanol–water partition coefficient (Wildman–Crippen LogP) is 7.60. The van der Waals surface area contributed by atoms with Gasteiger partial charge in [-0.25, -0.2) is 0 Å². The van der Waals surface area contributed by atoms with Gasteiger partial charge in [0.1, 0.15) is 0 Å². The van der Waals surface area contributed by atoms with Crippen molar-refractivity contribution in [2.24, 2.45) is 11.3 Å². The van der Waals surface area contributed by atoms with Crippen LogP contribution < -0.4 is 24.8 Å². The van der Waals surface area contributed by atoms with Gasteiger partial charge >= 0.3 is 317 Å². The minimum Gasteiger partial charge on any atom is -1.00 e. The van der Waals surface area contributed by atoms with Crippen molar-refractivity contribution in [1.29, 1.82) is 0 Å². The Morgan fingerprint density at radius 2 is 1.21 bits per heavy atom. The molecule has 1 atom stereocenters. The molecule has 0 N–H and O–H groups in total. The first-order valence-electron chi connectivity index (χ1n) is 19.7. The number of rotatable bonds is 4. The second-order valence-electron chi connectivity index (χ2n) is 18.2. The molecule has 1 unspecified atom stereocenters. The first-order valence-corrected chi connectivity index (χ1v) is 23.5. The molecule has 0 aromatic heterocycles. The van der Waals surface area contributed by atoms with Crippen molar-refractivity contribution in [1.82, 2.24) is 0 Å². The van der Waals surface area contributed by atoms with Crippen LogP contribution in [-0.4, -0.2) is 3.21 Å². The molecule has 0 nitrogen and oxygen atoms in total. The van der Waals surface area contributed by atoms with Gasteiger partial charge in [0, 0.05) is 0 Å². The fourth-order valence-corrected chi connectivity index (χ4v) is 19.9. The summed E-state index contributed by atoms with van der Waals surface area (Å²) in [5, 5.41) is 2.69. The zero-order chi connectivity index (χ0) is 35.6. The molecule has 272 valence electrons. The minimum absolute atomic E-state index is 0. The van der Waals surface area contributed by atoms with E-state index in [1.165, 1.54) is 93.0 Å². The van der Waals surface area contributed by atoms with Gasteiger partial charge in [0.05, 0.1) is 0 Å². The molecule has 9 rings (SSSR count). The van der Waals surface area contributed by atoms with E-state index in [0.29, 0.717) is 15.0 Å². The van der Waals surface area contributed by atoms with E-state index in [4.69, 9.17) is 0 Å². The summed E-state index contributed by atoms with van der Waals surface area (Å²) in [6.45, 7) is 22.0. The third kappa shape index (κ3) is 6.06. The maximum absolute atomic E-state index is 2.79. The van der Waals surface area contributed by atoms with Crippen LogP contribution in [0, 0.1) is 11.3 Å². The van der Waals surface area contributed by atoms with Crippen molar-refractivity contribution in [2.45, 2.75) is 109 Å². The molecular formula is C50H54Cl2Zr. The number of benzene rings is 4. The molecule has 0 bridgehead atoms. The number of allylic oxidation sites excluding steroid dienone is 8. The fourth-order valence-electron chi connectivity index (χ4n) is 11.0. The van der Waals surface area contributed by atoms with Crippen molar-refractivity contribution >= 4 is 25.1 Å². The van der Waals surface area contributed by atoms with E-state index in [1.807, 2.05) is 0 Å². The average Bonchev–Trinajstić information content (AvgIpc) is 3.77. The Kier molecular flexibility index (Phi) is 9.91. The summed E-state index contributed by atoms with van der Waals surface area (Å²) in [7, 11) is 0. The predicted molar refractivity (Wildman–Crippen MR) is 217 cm³/mol. The maximum atomic E-state index is 2.79. The van der Waals surface area contributed by atoms with Crippen LogP contribution >= 0.6 is 0 Å². The molecule has 5 aliphatic carbocycles. The first-order chi connectivity index (χ1) is 24.3. The molecule has 0 aliphatic heterocycles. The Labute approximate surface area is 338 Å². The van der Waals surface area contributed by atoms with Crippen LogP contribution in [0.4, 0.5) is 0 Å². The van der Waals surface area contributed by atoms with E-state index in [2.05, 4.69) is 153 Å². The van der Waals surface area contributed by atoms with Gasteiger partial charge in [-0.05, 0) is 0 Å². The smallest absolute Gasteiger partial charge is 1.00 e. The Morgan fingerprint density at radius 1 is 0.660 bits per heavy atom. The van der Waals surface area contributed by atoms with Gasteiger partial charge < -0.3 is 24.8 Å². The minimum atomic E-state index is -2.76. The Morgan fingerprint density at radius 3 is 1.77 bits per heavy atom. The van der Waals surface area contributed by atoms with Crippen LogP contribution in [0.2, 0.25) is 0 Å². The second-order valence-corrected chi connectivity index (χ2v) is 24.9. The van der Waals surface area contributed by atoms with E-state index in [-0.39, 0.29) is 35.6 Å². The number of hydrogen-bond donors (Lipinski definition) is 0. The van der Waals surface area contributed by atoms with Crippen LogP contribution in [0.5, 0.6) is 0 Å². The summed E-state index contributed by atoms with van der Waals surface area (Å²) in [6.07, 6.45) is 17.3. The maximum Gasteiger partial charge on any atom is -1.00 e. The van der Waals surface area contributed by atoms with Gasteiger partial charge in [-0.15, -0.1) is 0 Å². The molecule has 0 radical (unpaired) electrons. The van der Waals surface area contributed by atoms with Crippen LogP contribution in [-0.2, 0) is 32.1 Å². The molecule has 1 saturated carbocycles. The Hall–Kier alpha value is -2.57. The van der Waals surface area contributed by atoms with Crippen molar-refractivity contribution in [3.8, 4) is 11.1 Å². The number of hydrogen-bond acceptors (Lipinski definition) is 0. The molecular weight excluding hydrogens is 763 g/mol. The van der Waals surface area contributed by atoms with Crippen LogP contribution in [0.15, 0.2) is 99.9 Å². The topological polar surface area (TPSA) is 0 Å². The summed E-state index contributed by atoms with van der Waals surface area (Å²) < 4.78 is 3.93. The largest absolute Gasteiger partial charge is 1.00 e. The molecule has 3 heteroatoms. The third-order valence-electron chi connectivity index (χ3n) is 13.8. The van der Waals surface area contributed by atoms with Crippen molar-refractivity contribution in [2.75, 3.05) is 0 Å². The Bertz CT molecular complexity index is 2260. The number of fused-ring (bicyclic) bond motifs is 6. The molecule has 5 aliphatic rings. The summed E-state index contributed by atoms with van der Waals surface area (Å²) in [5.74, 6) is 0.487. The zero-order valence-corrected chi connectivity index (χ0v) is 37.1. The van der Waals surface area contributed by atoms with E-state index >= 15 is 0 Å². The molecule has 4 aromatic rings. The van der Waals surface area contributed by atoms with E-state index in [0.717, 1.165) is 0 Å². The van der Waals surface area contributed by atoms with Gasteiger partial charge in [-0.1, -0.05) is 0 Å². The van der Waals surface area contributed by atoms with Gasteiger partial charge in [0.25, 0.3) is 0 Å². The standard InChI is InChI=1S/C25H25.C13H19.C12H10.2ClH.Zr/c1-14-12-24(3,4)22-8-16-7-17-9-23-19(15(2)13-25(23,5)6)11-21(17)20(16)10-18(14)22;1-11-6-7-12(10-11)13(2)8-4-3-5-9-13;1-2-10-7-8-11-5-3-4-6-12(11)9-10;;;/h7-13H,1-6H3;7,10-11H,3-5,8-9H2,1-2H3;3-9H,1H3;2*1H;/q;;;;;+2/p-2. The summed E-state index contributed by atoms with van der Waals surface area (Å²) in [6, 6.07) is 26.9. The molecule has 0 amide bonds. The summed E-state index contributed by atoms with van der Waals surface area (Å²) in [5.41, 5.74) is 18.6. The van der Waals surface area contributed by atoms with Crippen LogP contribution in [0.25, 0.3) is 33.0 Å². The fraction of sp³-hybridized carbons (Fsp3) is 0.380. The third-order valence-corrected chi connectivity index (χ3v) is 22.4. The van der Waals surface area contributed by atoms with Gasteiger partial charge in [-0.3, -0.25) is 0 Å². The molecule has 0 heterocycles. The van der Waals surface area contributed by atoms with Crippen LogP contribution in [0.1, 0.15) is 137 Å². The molecule has 1 fully saturated rings. The van der Waals surface area contributed by atoms with E-state index in [1.54, 1.807) is 23.2 Å². The Balaban J connectivity index is 0.00000218. The van der Waals surface area contributed by atoms with Gasteiger partial charge in [0.2, 0.25) is 0 Å². The normalized spacial score (nSPS) is 21.6. The molecule has 53 heavy (non-hydrogen) atoms.